The Balaban J connectivity index is 1.70. The summed E-state index contributed by atoms with van der Waals surface area (Å²) in [6, 6.07) is 16.0. The van der Waals surface area contributed by atoms with Gasteiger partial charge < -0.3 is 14.4 Å². The lowest BCUT2D eigenvalue weighted by Gasteiger charge is -2.24. The van der Waals surface area contributed by atoms with Crippen LogP contribution in [0, 0.1) is 0 Å². The van der Waals surface area contributed by atoms with Gasteiger partial charge in [0.15, 0.2) is 11.5 Å². The Morgan fingerprint density at radius 3 is 2.86 bits per heavy atom. The molecule has 0 aliphatic rings. The summed E-state index contributed by atoms with van der Waals surface area (Å²) in [4.78, 5) is 11.4. The van der Waals surface area contributed by atoms with E-state index < -0.39 is 0 Å². The molecule has 0 saturated carbocycles. The van der Waals surface area contributed by atoms with Crippen molar-refractivity contribution < 1.29 is 5.11 Å². The summed E-state index contributed by atoms with van der Waals surface area (Å²) in [6.07, 6.45) is 7.42. The van der Waals surface area contributed by atoms with Crippen LogP contribution in [0.5, 0.6) is 0 Å². The van der Waals surface area contributed by atoms with Crippen LogP contribution in [0.4, 0.5) is 11.5 Å². The molecule has 0 radical (unpaired) electrons. The number of nitrogens with zero attached hydrogens (tertiary/aromatic N) is 5. The molecule has 7 heteroatoms. The van der Waals surface area contributed by atoms with Gasteiger partial charge in [-0.05, 0) is 18.2 Å². The fourth-order valence-electron chi connectivity index (χ4n) is 3.40. The molecule has 3 aromatic heterocycles. The second-order valence-corrected chi connectivity index (χ2v) is 6.49. The van der Waals surface area contributed by atoms with Crippen LogP contribution in [0.3, 0.4) is 0 Å². The van der Waals surface area contributed by atoms with E-state index in [4.69, 9.17) is 4.98 Å². The number of imidazole rings is 1. The highest BCUT2D eigenvalue weighted by atomic mass is 16.3. The van der Waals surface area contributed by atoms with E-state index in [1.807, 2.05) is 70.2 Å². The van der Waals surface area contributed by atoms with Gasteiger partial charge in [0.05, 0.1) is 24.0 Å². The van der Waals surface area contributed by atoms with Gasteiger partial charge in [0.1, 0.15) is 0 Å². The van der Waals surface area contributed by atoms with Crippen molar-refractivity contribution in [1.29, 1.82) is 0 Å². The second-order valence-electron chi connectivity index (χ2n) is 6.49. The third-order valence-corrected chi connectivity index (χ3v) is 4.74. The predicted molar refractivity (Wildman–Crippen MR) is 109 cm³/mol. The summed E-state index contributed by atoms with van der Waals surface area (Å²) in [5.74, 6) is 0.701. The molecule has 0 spiro atoms. The fourth-order valence-corrected chi connectivity index (χ4v) is 3.40. The molecule has 2 aromatic carbocycles. The Labute approximate surface area is 160 Å². The third-order valence-electron chi connectivity index (χ3n) is 4.74. The van der Waals surface area contributed by atoms with Gasteiger partial charge in [0, 0.05) is 41.8 Å². The van der Waals surface area contributed by atoms with Crippen molar-refractivity contribution in [3.63, 3.8) is 0 Å². The van der Waals surface area contributed by atoms with Gasteiger partial charge in [-0.1, -0.05) is 30.3 Å². The monoisotopic (exact) mass is 370 g/mol. The number of aromatic nitrogens is 5. The lowest BCUT2D eigenvalue weighted by atomic mass is 10.1. The Morgan fingerprint density at radius 1 is 1.11 bits per heavy atom. The number of para-hydroxylation sites is 1. The molecule has 0 amide bonds. The molecule has 138 valence electrons. The van der Waals surface area contributed by atoms with E-state index in [0.717, 1.165) is 33.5 Å². The highest BCUT2D eigenvalue weighted by Gasteiger charge is 2.17. The van der Waals surface area contributed by atoms with Crippen molar-refractivity contribution in [2.24, 2.45) is 0 Å². The van der Waals surface area contributed by atoms with E-state index in [0.29, 0.717) is 12.4 Å². The number of anilines is 2. The van der Waals surface area contributed by atoms with Crippen LogP contribution in [0.25, 0.3) is 27.8 Å². The van der Waals surface area contributed by atoms with Gasteiger partial charge in [-0.15, -0.1) is 0 Å². The molecule has 5 rings (SSSR count). The lowest BCUT2D eigenvalue weighted by molar-refractivity contribution is 0.305. The van der Waals surface area contributed by atoms with E-state index in [1.165, 1.54) is 0 Å². The summed E-state index contributed by atoms with van der Waals surface area (Å²) < 4.78 is 1.96. The molecular weight excluding hydrogens is 352 g/mol. The summed E-state index contributed by atoms with van der Waals surface area (Å²) in [5, 5.41) is 17.8. The number of rotatable bonds is 5. The first-order valence-electron chi connectivity index (χ1n) is 9.04. The highest BCUT2D eigenvalue weighted by molar-refractivity contribution is 5.84. The normalized spacial score (nSPS) is 11.3. The van der Waals surface area contributed by atoms with Crippen LogP contribution in [0.1, 0.15) is 0 Å². The Kier molecular flexibility index (Phi) is 3.99. The van der Waals surface area contributed by atoms with Crippen LogP contribution in [0.2, 0.25) is 0 Å². The lowest BCUT2D eigenvalue weighted by Crippen LogP contribution is -2.23. The van der Waals surface area contributed by atoms with Crippen molar-refractivity contribution in [2.45, 2.75) is 0 Å². The third kappa shape index (κ3) is 2.78. The van der Waals surface area contributed by atoms with E-state index in [-0.39, 0.29) is 6.61 Å². The van der Waals surface area contributed by atoms with E-state index in [9.17, 15) is 5.11 Å². The molecule has 0 fully saturated rings. The Bertz CT molecular complexity index is 1240. The number of nitrogens with one attached hydrogen (secondary N) is 1. The topological polar surface area (TPSA) is 82.3 Å². The molecule has 3 heterocycles. The zero-order valence-electron chi connectivity index (χ0n) is 15.0. The van der Waals surface area contributed by atoms with E-state index >= 15 is 0 Å². The quantitative estimate of drug-likeness (QED) is 0.495. The number of hydrogen-bond acceptors (Lipinski definition) is 5. The van der Waals surface area contributed by atoms with Crippen molar-refractivity contribution in [3.05, 3.63) is 73.3 Å². The summed E-state index contributed by atoms with van der Waals surface area (Å²) in [6.45, 7) is 0.427. The van der Waals surface area contributed by atoms with E-state index in [1.54, 1.807) is 12.4 Å². The average molecular weight is 370 g/mol. The maximum absolute atomic E-state index is 9.66. The molecule has 0 unspecified atom stereocenters. The van der Waals surface area contributed by atoms with Crippen LogP contribution in [-0.4, -0.2) is 42.8 Å². The zero-order valence-corrected chi connectivity index (χ0v) is 15.0. The van der Waals surface area contributed by atoms with Crippen molar-refractivity contribution in [2.75, 3.05) is 18.1 Å². The minimum Gasteiger partial charge on any atom is -0.395 e. The largest absolute Gasteiger partial charge is 0.395 e. The fraction of sp³-hybridized carbons (Fsp3) is 0.0952. The van der Waals surface area contributed by atoms with E-state index in [2.05, 4.69) is 15.2 Å². The van der Waals surface area contributed by atoms with Gasteiger partial charge in [0.2, 0.25) is 0 Å². The minimum absolute atomic E-state index is 0.00771. The van der Waals surface area contributed by atoms with Crippen molar-refractivity contribution in [1.82, 2.24) is 24.6 Å². The molecule has 28 heavy (non-hydrogen) atoms. The van der Waals surface area contributed by atoms with Crippen LogP contribution in [-0.2, 0) is 0 Å². The van der Waals surface area contributed by atoms with Gasteiger partial charge in [-0.3, -0.25) is 5.10 Å². The smallest absolute Gasteiger partial charge is 0.180 e. The number of aromatic amines is 1. The predicted octanol–water partition coefficient (Wildman–Crippen LogP) is 3.40. The van der Waals surface area contributed by atoms with Crippen LogP contribution < -0.4 is 4.90 Å². The van der Waals surface area contributed by atoms with Gasteiger partial charge in [0.25, 0.3) is 0 Å². The first-order chi connectivity index (χ1) is 13.8. The first kappa shape index (κ1) is 16.5. The van der Waals surface area contributed by atoms with Crippen LogP contribution in [0.15, 0.2) is 73.3 Å². The molecule has 0 aliphatic carbocycles. The SMILES string of the molecule is OCCN(c1ccccc1)c1nc(-c2ccc3cn[nH]c3c2)cn2ccnc12. The number of benzene rings is 2. The second kappa shape index (κ2) is 6.79. The molecular formula is C21H18N6O. The van der Waals surface area contributed by atoms with Crippen molar-refractivity contribution >= 4 is 28.1 Å². The molecule has 0 saturated heterocycles. The van der Waals surface area contributed by atoms with Crippen molar-refractivity contribution in [3.8, 4) is 11.3 Å². The maximum Gasteiger partial charge on any atom is 0.180 e. The summed E-state index contributed by atoms with van der Waals surface area (Å²) in [7, 11) is 0. The number of hydrogen-bond donors (Lipinski definition) is 2. The molecule has 7 nitrogen and oxygen atoms in total. The van der Waals surface area contributed by atoms with Gasteiger partial charge >= 0.3 is 0 Å². The Hall–Kier alpha value is -3.71. The number of aliphatic hydroxyl groups is 1. The summed E-state index contributed by atoms with van der Waals surface area (Å²) in [5.41, 5.74) is 4.45. The number of H-pyrrole nitrogens is 1. The maximum atomic E-state index is 9.66. The zero-order chi connectivity index (χ0) is 18.9. The molecule has 0 bridgehead atoms. The first-order valence-corrected chi connectivity index (χ1v) is 9.04. The highest BCUT2D eigenvalue weighted by Crippen LogP contribution is 2.30. The van der Waals surface area contributed by atoms with Gasteiger partial charge in [-0.25, -0.2) is 9.97 Å². The Morgan fingerprint density at radius 2 is 2.00 bits per heavy atom. The number of aliphatic hydroxyl groups excluding tert-OH is 1. The molecule has 0 aliphatic heterocycles. The van der Waals surface area contributed by atoms with Crippen LogP contribution >= 0.6 is 0 Å². The molecule has 5 aromatic rings. The average Bonchev–Trinajstić information content (AvgIpc) is 3.40. The number of fused-ring (bicyclic) bond motifs is 2. The standard InChI is InChI=1S/C21H18N6O/c28-11-10-27(17-4-2-1-3-5-17)21-20-22-8-9-26(20)14-19(24-21)15-6-7-16-13-23-25-18(16)12-15/h1-9,12-14,28H,10-11H2,(H,23,25). The minimum atomic E-state index is 0.00771. The van der Waals surface area contributed by atoms with Gasteiger partial charge in [-0.2, -0.15) is 5.10 Å². The molecule has 2 N–H and O–H groups in total. The summed E-state index contributed by atoms with van der Waals surface area (Å²) >= 11 is 0. The molecule has 0 atom stereocenters.